The van der Waals surface area contributed by atoms with Crippen molar-refractivity contribution in [2.24, 2.45) is 5.73 Å². The smallest absolute Gasteiger partial charge is 0.245 e. The average molecular weight is 239 g/mol. The molecule has 0 aromatic heterocycles. The third-order valence-electron chi connectivity index (χ3n) is 3.93. The molecule has 1 aliphatic heterocycles. The number of nitrogens with zero attached hydrogens (tertiary/aromatic N) is 1. The van der Waals surface area contributed by atoms with Gasteiger partial charge in [0, 0.05) is 25.6 Å². The lowest BCUT2D eigenvalue weighted by atomic mass is 9.90. The molecule has 1 atom stereocenters. The molecule has 1 aliphatic carbocycles. The van der Waals surface area contributed by atoms with E-state index in [0.717, 1.165) is 25.7 Å². The summed E-state index contributed by atoms with van der Waals surface area (Å²) in [5, 5.41) is 2.73. The maximum absolute atomic E-state index is 12.2. The van der Waals surface area contributed by atoms with Crippen molar-refractivity contribution in [1.29, 1.82) is 0 Å². The fourth-order valence-electron chi connectivity index (χ4n) is 2.71. The molecule has 1 heterocycles. The maximum atomic E-state index is 12.2. The first-order chi connectivity index (χ1) is 8.08. The van der Waals surface area contributed by atoms with Gasteiger partial charge in [-0.2, -0.15) is 0 Å². The summed E-state index contributed by atoms with van der Waals surface area (Å²) in [5.41, 5.74) is 5.85. The molecule has 1 saturated carbocycles. The van der Waals surface area contributed by atoms with Crippen LogP contribution in [0.4, 0.5) is 0 Å². The summed E-state index contributed by atoms with van der Waals surface area (Å²) in [6.07, 6.45) is 5.03. The Bertz CT molecular complexity index is 311. The normalized spacial score (nSPS) is 33.3. The highest BCUT2D eigenvalue weighted by Crippen LogP contribution is 2.22. The van der Waals surface area contributed by atoms with Crippen LogP contribution in [0.2, 0.25) is 0 Å². The number of carbonyl (C=O) groups is 2. The van der Waals surface area contributed by atoms with E-state index in [2.05, 4.69) is 5.32 Å². The van der Waals surface area contributed by atoms with Gasteiger partial charge in [0.1, 0.15) is 6.04 Å². The minimum Gasteiger partial charge on any atom is -0.344 e. The van der Waals surface area contributed by atoms with Crippen LogP contribution in [0.5, 0.6) is 0 Å². The quantitative estimate of drug-likeness (QED) is 0.712. The van der Waals surface area contributed by atoms with Crippen LogP contribution >= 0.6 is 0 Å². The molecule has 2 amide bonds. The van der Waals surface area contributed by atoms with Gasteiger partial charge in [-0.1, -0.05) is 0 Å². The molecule has 5 nitrogen and oxygen atoms in total. The van der Waals surface area contributed by atoms with Gasteiger partial charge in [0.05, 0.1) is 0 Å². The van der Waals surface area contributed by atoms with Crippen molar-refractivity contribution in [3.05, 3.63) is 0 Å². The number of hydrogen-bond acceptors (Lipinski definition) is 3. The second-order valence-electron chi connectivity index (χ2n) is 5.18. The number of likely N-dealkylation sites (N-methyl/N-ethyl adjacent to an activating group) is 1. The van der Waals surface area contributed by atoms with E-state index < -0.39 is 0 Å². The zero-order chi connectivity index (χ0) is 12.4. The molecule has 5 heteroatoms. The van der Waals surface area contributed by atoms with Gasteiger partial charge in [0.15, 0.2) is 0 Å². The van der Waals surface area contributed by atoms with Crippen molar-refractivity contribution >= 4 is 11.8 Å². The van der Waals surface area contributed by atoms with E-state index in [1.807, 2.05) is 11.9 Å². The van der Waals surface area contributed by atoms with Crippen molar-refractivity contribution in [2.45, 2.75) is 56.7 Å². The molecule has 0 aromatic carbocycles. The SMILES string of the molecule is CN(C(=O)[C@H]1CCC(=O)N1)C1CCC(N)CC1. The lowest BCUT2D eigenvalue weighted by Gasteiger charge is -2.34. The average Bonchev–Trinajstić information content (AvgIpc) is 2.75. The Balaban J connectivity index is 1.88. The van der Waals surface area contributed by atoms with E-state index in [0.29, 0.717) is 24.9 Å². The standard InChI is InChI=1S/C12H21N3O2/c1-15(9-4-2-8(13)3-5-9)12(17)10-6-7-11(16)14-10/h8-10H,2-7,13H2,1H3,(H,14,16)/t8?,9?,10-/m1/s1. The van der Waals surface area contributed by atoms with E-state index in [-0.39, 0.29) is 17.9 Å². The first-order valence-electron chi connectivity index (χ1n) is 6.39. The number of nitrogens with two attached hydrogens (primary N) is 1. The number of hydrogen-bond donors (Lipinski definition) is 2. The van der Waals surface area contributed by atoms with Gasteiger partial charge >= 0.3 is 0 Å². The Kier molecular flexibility index (Phi) is 3.66. The predicted octanol–water partition coefficient (Wildman–Crippen LogP) is -0.00670. The number of rotatable bonds is 2. The van der Waals surface area contributed by atoms with Crippen LogP contribution in [0, 0.1) is 0 Å². The summed E-state index contributed by atoms with van der Waals surface area (Å²) in [4.78, 5) is 25.1. The molecule has 2 aliphatic rings. The number of nitrogens with one attached hydrogen (secondary N) is 1. The van der Waals surface area contributed by atoms with Gasteiger partial charge in [-0.05, 0) is 32.1 Å². The van der Waals surface area contributed by atoms with Crippen LogP contribution in [0.1, 0.15) is 38.5 Å². The van der Waals surface area contributed by atoms with Crippen LogP contribution in [0.3, 0.4) is 0 Å². The molecule has 0 aromatic rings. The Hall–Kier alpha value is -1.10. The molecule has 2 fully saturated rings. The third-order valence-corrected chi connectivity index (χ3v) is 3.93. The van der Waals surface area contributed by atoms with Crippen molar-refractivity contribution in [2.75, 3.05) is 7.05 Å². The van der Waals surface area contributed by atoms with Crippen LogP contribution in [0.15, 0.2) is 0 Å². The topological polar surface area (TPSA) is 75.4 Å². The highest BCUT2D eigenvalue weighted by Gasteiger charge is 2.33. The van der Waals surface area contributed by atoms with Gasteiger partial charge in [-0.25, -0.2) is 0 Å². The van der Waals surface area contributed by atoms with Crippen molar-refractivity contribution in [3.8, 4) is 0 Å². The van der Waals surface area contributed by atoms with Gasteiger partial charge < -0.3 is 16.0 Å². The summed E-state index contributed by atoms with van der Waals surface area (Å²) in [7, 11) is 1.84. The second-order valence-corrected chi connectivity index (χ2v) is 5.18. The van der Waals surface area contributed by atoms with Crippen LogP contribution in [-0.2, 0) is 9.59 Å². The lowest BCUT2D eigenvalue weighted by Crippen LogP contribution is -2.48. The number of amides is 2. The fraction of sp³-hybridized carbons (Fsp3) is 0.833. The van der Waals surface area contributed by atoms with E-state index in [1.54, 1.807) is 0 Å². The summed E-state index contributed by atoms with van der Waals surface area (Å²) in [6, 6.07) is 0.281. The molecule has 0 spiro atoms. The molecule has 2 rings (SSSR count). The summed E-state index contributed by atoms with van der Waals surface area (Å²) < 4.78 is 0. The minimum absolute atomic E-state index is 0.0117. The van der Waals surface area contributed by atoms with Gasteiger partial charge in [-0.3, -0.25) is 9.59 Å². The minimum atomic E-state index is -0.303. The molecule has 0 radical (unpaired) electrons. The summed E-state index contributed by atoms with van der Waals surface area (Å²) >= 11 is 0. The summed E-state index contributed by atoms with van der Waals surface area (Å²) in [5.74, 6) is 0.0405. The molecule has 3 N–H and O–H groups in total. The molecule has 0 bridgehead atoms. The van der Waals surface area contributed by atoms with Crippen molar-refractivity contribution in [1.82, 2.24) is 10.2 Å². The van der Waals surface area contributed by atoms with Crippen molar-refractivity contribution in [3.63, 3.8) is 0 Å². The van der Waals surface area contributed by atoms with E-state index in [9.17, 15) is 9.59 Å². The maximum Gasteiger partial charge on any atom is 0.245 e. The third kappa shape index (κ3) is 2.77. The predicted molar refractivity (Wildman–Crippen MR) is 64.2 cm³/mol. The van der Waals surface area contributed by atoms with Crippen LogP contribution in [-0.4, -0.2) is 41.9 Å². The molecule has 96 valence electrons. The van der Waals surface area contributed by atoms with Gasteiger partial charge in [0.25, 0.3) is 0 Å². The van der Waals surface area contributed by atoms with Crippen LogP contribution in [0.25, 0.3) is 0 Å². The van der Waals surface area contributed by atoms with E-state index >= 15 is 0 Å². The Labute approximate surface area is 102 Å². The van der Waals surface area contributed by atoms with Gasteiger partial charge in [-0.15, -0.1) is 0 Å². The first-order valence-corrected chi connectivity index (χ1v) is 6.39. The van der Waals surface area contributed by atoms with E-state index in [1.165, 1.54) is 0 Å². The number of carbonyl (C=O) groups excluding carboxylic acids is 2. The highest BCUT2D eigenvalue weighted by molar-refractivity contribution is 5.90. The van der Waals surface area contributed by atoms with Crippen molar-refractivity contribution < 1.29 is 9.59 Å². The molecular formula is C12H21N3O2. The first kappa shape index (κ1) is 12.4. The Morgan fingerprint density at radius 2 is 1.94 bits per heavy atom. The van der Waals surface area contributed by atoms with Gasteiger partial charge in [0.2, 0.25) is 11.8 Å². The molecule has 17 heavy (non-hydrogen) atoms. The monoisotopic (exact) mass is 239 g/mol. The molecule has 0 unspecified atom stereocenters. The van der Waals surface area contributed by atoms with E-state index in [4.69, 9.17) is 5.73 Å². The largest absolute Gasteiger partial charge is 0.344 e. The molecule has 1 saturated heterocycles. The Morgan fingerprint density at radius 3 is 2.47 bits per heavy atom. The Morgan fingerprint density at radius 1 is 1.29 bits per heavy atom. The summed E-state index contributed by atoms with van der Waals surface area (Å²) in [6.45, 7) is 0. The zero-order valence-electron chi connectivity index (χ0n) is 10.3. The fourth-order valence-corrected chi connectivity index (χ4v) is 2.71. The lowest BCUT2D eigenvalue weighted by molar-refractivity contribution is -0.135. The second kappa shape index (κ2) is 5.04. The molecular weight excluding hydrogens is 218 g/mol. The van der Waals surface area contributed by atoms with Crippen LogP contribution < -0.4 is 11.1 Å². The highest BCUT2D eigenvalue weighted by atomic mass is 16.2. The zero-order valence-corrected chi connectivity index (χ0v) is 10.3.